The second-order valence-electron chi connectivity index (χ2n) is 6.34. The van der Waals surface area contributed by atoms with Crippen molar-refractivity contribution in [1.29, 1.82) is 0 Å². The van der Waals surface area contributed by atoms with Gasteiger partial charge in [-0.15, -0.1) is 0 Å². The van der Waals surface area contributed by atoms with Crippen LogP contribution in [0.15, 0.2) is 51.9 Å². The van der Waals surface area contributed by atoms with Crippen molar-refractivity contribution in [3.8, 4) is 11.5 Å². The summed E-state index contributed by atoms with van der Waals surface area (Å²) in [5.41, 5.74) is 2.39. The Balaban J connectivity index is 1.72. The van der Waals surface area contributed by atoms with Gasteiger partial charge in [0.05, 0.1) is 15.5 Å². The number of sulfonamides is 1. The van der Waals surface area contributed by atoms with Crippen molar-refractivity contribution < 1.29 is 12.9 Å². The van der Waals surface area contributed by atoms with Gasteiger partial charge in [-0.2, -0.15) is 4.98 Å². The van der Waals surface area contributed by atoms with Gasteiger partial charge in [0.15, 0.2) is 5.82 Å². The molecule has 0 fully saturated rings. The molecule has 142 valence electrons. The van der Waals surface area contributed by atoms with Crippen LogP contribution in [0.2, 0.25) is 5.02 Å². The van der Waals surface area contributed by atoms with E-state index in [0.717, 1.165) is 11.1 Å². The molecular formula is C19H20ClN3O3S. The maximum absolute atomic E-state index is 12.8. The summed E-state index contributed by atoms with van der Waals surface area (Å²) in [5, 5.41) is 4.44. The van der Waals surface area contributed by atoms with Crippen molar-refractivity contribution in [2.75, 3.05) is 13.6 Å². The van der Waals surface area contributed by atoms with Crippen LogP contribution in [0, 0.1) is 13.8 Å². The molecule has 3 rings (SSSR count). The number of hydrogen-bond donors (Lipinski definition) is 0. The average molecular weight is 406 g/mol. The predicted molar refractivity (Wildman–Crippen MR) is 104 cm³/mol. The summed E-state index contributed by atoms with van der Waals surface area (Å²) in [6.45, 7) is 3.96. The topological polar surface area (TPSA) is 76.3 Å². The molecule has 0 radical (unpaired) electrons. The van der Waals surface area contributed by atoms with Crippen molar-refractivity contribution in [3.05, 3.63) is 64.4 Å². The lowest BCUT2D eigenvalue weighted by atomic mass is 10.2. The van der Waals surface area contributed by atoms with Crippen molar-refractivity contribution >= 4 is 21.6 Å². The summed E-state index contributed by atoms with van der Waals surface area (Å²) in [7, 11) is -2.04. The van der Waals surface area contributed by atoms with E-state index in [2.05, 4.69) is 10.1 Å². The first-order valence-corrected chi connectivity index (χ1v) is 10.2. The Morgan fingerprint density at radius 1 is 1.15 bits per heavy atom. The molecule has 0 aliphatic carbocycles. The first-order valence-electron chi connectivity index (χ1n) is 8.40. The Hall–Kier alpha value is -2.22. The largest absolute Gasteiger partial charge is 0.334 e. The summed E-state index contributed by atoms with van der Waals surface area (Å²) >= 11 is 6.13. The van der Waals surface area contributed by atoms with Crippen LogP contribution in [0.4, 0.5) is 0 Å². The fourth-order valence-electron chi connectivity index (χ4n) is 2.73. The maximum atomic E-state index is 12.8. The summed E-state index contributed by atoms with van der Waals surface area (Å²) in [4.78, 5) is 4.62. The van der Waals surface area contributed by atoms with Gasteiger partial charge in [-0.3, -0.25) is 0 Å². The van der Waals surface area contributed by atoms with Crippen LogP contribution < -0.4 is 0 Å². The molecule has 0 bridgehead atoms. The number of aryl methyl sites for hydroxylation is 2. The molecule has 27 heavy (non-hydrogen) atoms. The normalized spacial score (nSPS) is 11.9. The highest BCUT2D eigenvalue weighted by Crippen LogP contribution is 2.26. The van der Waals surface area contributed by atoms with Crippen LogP contribution in [0.5, 0.6) is 0 Å². The van der Waals surface area contributed by atoms with E-state index in [1.54, 1.807) is 38.2 Å². The van der Waals surface area contributed by atoms with E-state index in [1.807, 2.05) is 25.1 Å². The third kappa shape index (κ3) is 4.21. The predicted octanol–water partition coefficient (Wildman–Crippen LogP) is 3.87. The van der Waals surface area contributed by atoms with Crippen molar-refractivity contribution in [2.45, 2.75) is 25.2 Å². The fraction of sp³-hybridized carbons (Fsp3) is 0.263. The Morgan fingerprint density at radius 3 is 2.59 bits per heavy atom. The Bertz CT molecular complexity index is 1060. The average Bonchev–Trinajstić information content (AvgIpc) is 3.08. The van der Waals surface area contributed by atoms with Crippen LogP contribution in [-0.2, 0) is 16.4 Å². The molecule has 8 heteroatoms. The van der Waals surface area contributed by atoms with Gasteiger partial charge in [-0.1, -0.05) is 46.6 Å². The monoisotopic (exact) mass is 405 g/mol. The van der Waals surface area contributed by atoms with Gasteiger partial charge in [0.2, 0.25) is 10.0 Å². The zero-order valence-corrected chi connectivity index (χ0v) is 16.9. The Morgan fingerprint density at radius 2 is 1.89 bits per heavy atom. The molecule has 0 saturated carbocycles. The van der Waals surface area contributed by atoms with Crippen molar-refractivity contribution in [2.24, 2.45) is 0 Å². The molecule has 0 N–H and O–H groups in total. The molecule has 1 heterocycles. The minimum atomic E-state index is -3.58. The molecule has 1 aromatic heterocycles. The zero-order valence-electron chi connectivity index (χ0n) is 15.3. The SMILES string of the molecule is Cc1ccc(S(=O)(=O)N(C)CCc2noc(-c3ccccc3Cl)n2)c(C)c1. The van der Waals surface area contributed by atoms with Crippen molar-refractivity contribution in [3.63, 3.8) is 0 Å². The van der Waals surface area contributed by atoms with Crippen LogP contribution in [0.1, 0.15) is 17.0 Å². The quantitative estimate of drug-likeness (QED) is 0.622. The number of aromatic nitrogens is 2. The lowest BCUT2D eigenvalue weighted by molar-refractivity contribution is 0.415. The van der Waals surface area contributed by atoms with Gasteiger partial charge in [-0.25, -0.2) is 12.7 Å². The van der Waals surface area contributed by atoms with Gasteiger partial charge < -0.3 is 4.52 Å². The lowest BCUT2D eigenvalue weighted by Crippen LogP contribution is -2.29. The van der Waals surface area contributed by atoms with E-state index in [-0.39, 0.29) is 6.54 Å². The summed E-state index contributed by atoms with van der Waals surface area (Å²) < 4.78 is 32.2. The molecule has 0 saturated heterocycles. The Kier molecular flexibility index (Phi) is 5.64. The van der Waals surface area contributed by atoms with Gasteiger partial charge in [0.25, 0.3) is 5.89 Å². The molecule has 0 aliphatic rings. The summed E-state index contributed by atoms with van der Waals surface area (Å²) in [6, 6.07) is 12.5. The van der Waals surface area contributed by atoms with Gasteiger partial charge in [0, 0.05) is 20.0 Å². The molecule has 0 unspecified atom stereocenters. The first kappa shape index (κ1) is 19.5. The number of benzene rings is 2. The molecular weight excluding hydrogens is 386 g/mol. The van der Waals surface area contributed by atoms with E-state index in [1.165, 1.54) is 4.31 Å². The van der Waals surface area contributed by atoms with Crippen LogP contribution >= 0.6 is 11.6 Å². The van der Waals surface area contributed by atoms with E-state index < -0.39 is 10.0 Å². The highest BCUT2D eigenvalue weighted by molar-refractivity contribution is 7.89. The van der Waals surface area contributed by atoms with Gasteiger partial charge in [0.1, 0.15) is 0 Å². The lowest BCUT2D eigenvalue weighted by Gasteiger charge is -2.18. The third-order valence-electron chi connectivity index (χ3n) is 4.24. The van der Waals surface area contributed by atoms with E-state index in [9.17, 15) is 8.42 Å². The van der Waals surface area contributed by atoms with E-state index in [4.69, 9.17) is 16.1 Å². The zero-order chi connectivity index (χ0) is 19.6. The number of hydrogen-bond acceptors (Lipinski definition) is 5. The molecule has 2 aromatic carbocycles. The van der Waals surface area contributed by atoms with Gasteiger partial charge in [-0.05, 0) is 37.6 Å². The van der Waals surface area contributed by atoms with Crippen LogP contribution in [0.3, 0.4) is 0 Å². The number of halogens is 1. The van der Waals surface area contributed by atoms with E-state index >= 15 is 0 Å². The molecule has 0 amide bonds. The number of rotatable bonds is 6. The highest BCUT2D eigenvalue weighted by atomic mass is 35.5. The van der Waals surface area contributed by atoms with Gasteiger partial charge >= 0.3 is 0 Å². The molecule has 0 atom stereocenters. The Labute approximate surface area is 163 Å². The molecule has 3 aromatic rings. The minimum absolute atomic E-state index is 0.233. The number of likely N-dealkylation sites (N-methyl/N-ethyl adjacent to an activating group) is 1. The standard InChI is InChI=1S/C19H20ClN3O3S/c1-13-8-9-17(14(2)12-13)27(24,25)23(3)11-10-18-21-19(26-22-18)15-6-4-5-7-16(15)20/h4-9,12H,10-11H2,1-3H3. The van der Waals surface area contributed by atoms with Crippen LogP contribution in [0.25, 0.3) is 11.5 Å². The molecule has 0 aliphatic heterocycles. The summed E-state index contributed by atoms with van der Waals surface area (Å²) in [6.07, 6.45) is 0.328. The minimum Gasteiger partial charge on any atom is -0.334 e. The number of nitrogens with zero attached hydrogens (tertiary/aromatic N) is 3. The second kappa shape index (κ2) is 7.80. The second-order valence-corrected chi connectivity index (χ2v) is 8.76. The fourth-order valence-corrected chi connectivity index (χ4v) is 4.32. The van der Waals surface area contributed by atoms with Crippen LogP contribution in [-0.4, -0.2) is 36.5 Å². The third-order valence-corrected chi connectivity index (χ3v) is 6.59. The first-order chi connectivity index (χ1) is 12.8. The maximum Gasteiger partial charge on any atom is 0.259 e. The molecule has 0 spiro atoms. The smallest absolute Gasteiger partial charge is 0.259 e. The molecule has 6 nitrogen and oxygen atoms in total. The van der Waals surface area contributed by atoms with Crippen molar-refractivity contribution in [1.82, 2.24) is 14.4 Å². The highest BCUT2D eigenvalue weighted by Gasteiger charge is 2.23. The van der Waals surface area contributed by atoms with E-state index in [0.29, 0.717) is 33.6 Å². The summed E-state index contributed by atoms with van der Waals surface area (Å²) in [5.74, 6) is 0.739.